The number of benzene rings is 2. The van der Waals surface area contributed by atoms with Crippen LogP contribution in [0.2, 0.25) is 0 Å². The molecule has 2 aromatic carbocycles. The van der Waals surface area contributed by atoms with Crippen LogP contribution in [0.15, 0.2) is 48.5 Å². The largest absolute Gasteiger partial charge is 0.480 e. The number of fused-ring (bicyclic) bond motifs is 1. The quantitative estimate of drug-likeness (QED) is 0.573. The van der Waals surface area contributed by atoms with Gasteiger partial charge in [0.1, 0.15) is 5.75 Å². The molecule has 0 aromatic heterocycles. The Morgan fingerprint density at radius 3 is 2.79 bits per heavy atom. The Morgan fingerprint density at radius 2 is 1.96 bits per heavy atom. The molecule has 0 fully saturated rings. The van der Waals surface area contributed by atoms with E-state index in [2.05, 4.69) is 16.0 Å². The Morgan fingerprint density at radius 1 is 1.11 bits per heavy atom. The molecule has 1 atom stereocenters. The second-order valence-corrected chi connectivity index (χ2v) is 6.49. The number of para-hydroxylation sites is 1. The second kappa shape index (κ2) is 9.87. The summed E-state index contributed by atoms with van der Waals surface area (Å²) in [5.41, 5.74) is 2.08. The zero-order valence-corrected chi connectivity index (χ0v) is 15.9. The number of hydrogen-bond donors (Lipinski definition) is 3. The molecular weight excluding hydrogens is 358 g/mol. The maximum absolute atomic E-state index is 12.5. The van der Waals surface area contributed by atoms with E-state index in [4.69, 9.17) is 9.47 Å². The van der Waals surface area contributed by atoms with Crippen LogP contribution in [-0.4, -0.2) is 51.3 Å². The van der Waals surface area contributed by atoms with E-state index in [1.165, 1.54) is 0 Å². The van der Waals surface area contributed by atoms with Gasteiger partial charge < -0.3 is 25.4 Å². The van der Waals surface area contributed by atoms with Gasteiger partial charge in [-0.1, -0.05) is 24.3 Å². The van der Waals surface area contributed by atoms with Gasteiger partial charge in [-0.3, -0.25) is 9.59 Å². The molecule has 0 saturated carbocycles. The molecule has 0 bridgehead atoms. The summed E-state index contributed by atoms with van der Waals surface area (Å²) in [5, 5.41) is 8.84. The molecule has 148 valence electrons. The van der Waals surface area contributed by atoms with Crippen LogP contribution >= 0.6 is 0 Å². The number of rotatable bonds is 9. The van der Waals surface area contributed by atoms with Gasteiger partial charge in [0.2, 0.25) is 0 Å². The lowest BCUT2D eigenvalue weighted by Gasteiger charge is -2.12. The van der Waals surface area contributed by atoms with Crippen molar-refractivity contribution >= 4 is 17.5 Å². The summed E-state index contributed by atoms with van der Waals surface area (Å²) in [4.78, 5) is 24.8. The Bertz CT molecular complexity index is 800. The van der Waals surface area contributed by atoms with Crippen LogP contribution in [0.1, 0.15) is 15.9 Å². The number of nitrogens with one attached hydrogen (secondary N) is 3. The minimum Gasteiger partial charge on any atom is -0.480 e. The van der Waals surface area contributed by atoms with Gasteiger partial charge in [-0.25, -0.2) is 0 Å². The Hall–Kier alpha value is -2.90. The number of carbonyl (C=O) groups is 2. The molecule has 28 heavy (non-hydrogen) atoms. The first-order valence-corrected chi connectivity index (χ1v) is 9.30. The highest BCUT2D eigenvalue weighted by molar-refractivity contribution is 5.98. The minimum absolute atomic E-state index is 0.186. The maximum Gasteiger partial charge on any atom is 0.265 e. The third-order valence-corrected chi connectivity index (χ3v) is 4.40. The van der Waals surface area contributed by atoms with Gasteiger partial charge in [-0.2, -0.15) is 0 Å². The van der Waals surface area contributed by atoms with Crippen molar-refractivity contribution in [1.82, 2.24) is 10.6 Å². The van der Waals surface area contributed by atoms with E-state index in [-0.39, 0.29) is 11.8 Å². The van der Waals surface area contributed by atoms with E-state index >= 15 is 0 Å². The van der Waals surface area contributed by atoms with Crippen LogP contribution in [-0.2, 0) is 16.0 Å². The van der Waals surface area contributed by atoms with Crippen molar-refractivity contribution in [3.8, 4) is 5.75 Å². The maximum atomic E-state index is 12.5. The molecule has 0 spiro atoms. The summed E-state index contributed by atoms with van der Waals surface area (Å²) < 4.78 is 10.7. The fourth-order valence-electron chi connectivity index (χ4n) is 2.95. The predicted octanol–water partition coefficient (Wildman–Crippen LogP) is 1.59. The van der Waals surface area contributed by atoms with Gasteiger partial charge in [0.05, 0.1) is 6.61 Å². The van der Waals surface area contributed by atoms with E-state index in [9.17, 15) is 9.59 Å². The average Bonchev–Trinajstić information content (AvgIpc) is 3.15. The highest BCUT2D eigenvalue weighted by atomic mass is 16.5. The second-order valence-electron chi connectivity index (χ2n) is 6.49. The third kappa shape index (κ3) is 5.31. The Kier molecular flexibility index (Phi) is 7.00. The minimum atomic E-state index is -0.562. The lowest BCUT2D eigenvalue weighted by atomic mass is 10.1. The van der Waals surface area contributed by atoms with Crippen molar-refractivity contribution in [2.45, 2.75) is 12.5 Å². The van der Waals surface area contributed by atoms with Crippen LogP contribution in [0.25, 0.3) is 0 Å². The highest BCUT2D eigenvalue weighted by Crippen LogP contribution is 2.28. The number of ether oxygens (including phenoxy) is 2. The number of amides is 2. The Labute approximate surface area is 164 Å². The van der Waals surface area contributed by atoms with Crippen molar-refractivity contribution < 1.29 is 19.1 Å². The molecule has 0 radical (unpaired) electrons. The monoisotopic (exact) mass is 383 g/mol. The van der Waals surface area contributed by atoms with Gasteiger partial charge >= 0.3 is 0 Å². The molecule has 1 aliphatic rings. The molecule has 1 aliphatic heterocycles. The van der Waals surface area contributed by atoms with Gasteiger partial charge in [-0.15, -0.1) is 0 Å². The van der Waals surface area contributed by atoms with E-state index < -0.39 is 6.10 Å². The molecule has 2 aromatic rings. The van der Waals surface area contributed by atoms with Crippen LogP contribution in [0.3, 0.4) is 0 Å². The van der Waals surface area contributed by atoms with Crippen molar-refractivity contribution in [3.63, 3.8) is 0 Å². The first kappa shape index (κ1) is 19.9. The van der Waals surface area contributed by atoms with Crippen molar-refractivity contribution in [1.29, 1.82) is 0 Å². The van der Waals surface area contributed by atoms with E-state index in [0.717, 1.165) is 17.9 Å². The molecule has 7 nitrogen and oxygen atoms in total. The van der Waals surface area contributed by atoms with Gasteiger partial charge in [0, 0.05) is 44.4 Å². The van der Waals surface area contributed by atoms with Crippen LogP contribution in [0.4, 0.5) is 5.69 Å². The standard InChI is InChI=1S/C21H25N3O4/c1-27-12-11-22-9-10-23-20(25)16-6-4-7-17(13-16)24-21(26)19-14-15-5-2-3-8-18(15)28-19/h2-8,13,19,22H,9-12,14H2,1H3,(H,23,25)(H,24,26). The van der Waals surface area contributed by atoms with Crippen LogP contribution in [0, 0.1) is 0 Å². The van der Waals surface area contributed by atoms with Crippen LogP contribution < -0.4 is 20.7 Å². The summed E-state index contributed by atoms with van der Waals surface area (Å²) >= 11 is 0. The molecule has 0 saturated heterocycles. The number of methoxy groups -OCH3 is 1. The van der Waals surface area contributed by atoms with Gasteiger partial charge in [0.15, 0.2) is 6.10 Å². The van der Waals surface area contributed by atoms with Crippen molar-refractivity contribution in [2.75, 3.05) is 38.7 Å². The summed E-state index contributed by atoms with van der Waals surface area (Å²) in [5.74, 6) is 0.333. The fraction of sp³-hybridized carbons (Fsp3) is 0.333. The van der Waals surface area contributed by atoms with E-state index in [0.29, 0.717) is 37.4 Å². The first-order valence-electron chi connectivity index (χ1n) is 9.30. The number of carbonyl (C=O) groups excluding carboxylic acids is 2. The third-order valence-electron chi connectivity index (χ3n) is 4.40. The molecule has 1 heterocycles. The average molecular weight is 383 g/mol. The smallest absolute Gasteiger partial charge is 0.265 e. The molecule has 3 rings (SSSR count). The van der Waals surface area contributed by atoms with Crippen LogP contribution in [0.5, 0.6) is 5.75 Å². The summed E-state index contributed by atoms with van der Waals surface area (Å²) in [6.45, 7) is 2.53. The summed E-state index contributed by atoms with van der Waals surface area (Å²) in [7, 11) is 1.65. The molecule has 3 N–H and O–H groups in total. The SMILES string of the molecule is COCCNCCNC(=O)c1cccc(NC(=O)C2Cc3ccccc3O2)c1. The summed E-state index contributed by atoms with van der Waals surface area (Å²) in [6, 6.07) is 14.5. The van der Waals surface area contributed by atoms with Gasteiger partial charge in [0.25, 0.3) is 11.8 Å². The van der Waals surface area contributed by atoms with E-state index in [1.54, 1.807) is 31.4 Å². The number of hydrogen-bond acceptors (Lipinski definition) is 5. The van der Waals surface area contributed by atoms with Gasteiger partial charge in [-0.05, 0) is 29.8 Å². The molecule has 1 unspecified atom stereocenters. The fourth-order valence-corrected chi connectivity index (χ4v) is 2.95. The normalized spacial score (nSPS) is 14.8. The zero-order valence-electron chi connectivity index (χ0n) is 15.9. The van der Waals surface area contributed by atoms with Crippen molar-refractivity contribution in [2.24, 2.45) is 0 Å². The Balaban J connectivity index is 1.49. The molecule has 7 heteroatoms. The van der Waals surface area contributed by atoms with E-state index in [1.807, 2.05) is 24.3 Å². The zero-order chi connectivity index (χ0) is 19.8. The van der Waals surface area contributed by atoms with Crippen molar-refractivity contribution in [3.05, 3.63) is 59.7 Å². The first-order chi connectivity index (χ1) is 13.7. The predicted molar refractivity (Wildman–Crippen MR) is 107 cm³/mol. The highest BCUT2D eigenvalue weighted by Gasteiger charge is 2.28. The molecular formula is C21H25N3O4. The molecule has 2 amide bonds. The molecule has 0 aliphatic carbocycles. The summed E-state index contributed by atoms with van der Waals surface area (Å²) in [6.07, 6.45) is -0.0220. The lowest BCUT2D eigenvalue weighted by molar-refractivity contribution is -0.122. The number of anilines is 1. The topological polar surface area (TPSA) is 88.7 Å². The lowest BCUT2D eigenvalue weighted by Crippen LogP contribution is -2.33.